The van der Waals surface area contributed by atoms with Gasteiger partial charge in [-0.15, -0.1) is 5.10 Å². The van der Waals surface area contributed by atoms with Gasteiger partial charge in [-0.3, -0.25) is 9.36 Å². The Kier molecular flexibility index (Phi) is 6.66. The zero-order valence-corrected chi connectivity index (χ0v) is 23.4. The first-order valence-corrected chi connectivity index (χ1v) is 13.8. The van der Waals surface area contributed by atoms with Crippen LogP contribution in [0.5, 0.6) is 0 Å². The van der Waals surface area contributed by atoms with Gasteiger partial charge in [-0.25, -0.2) is 14.6 Å². The van der Waals surface area contributed by atoms with Gasteiger partial charge in [0.05, 0.1) is 32.6 Å². The number of aldehydes is 1. The van der Waals surface area contributed by atoms with E-state index in [0.29, 0.717) is 42.6 Å². The maximum Gasteiger partial charge on any atom is 0.216 e. The Bertz CT molecular complexity index is 1660. The number of nitrogens with zero attached hydrogens (tertiary/aromatic N) is 8. The van der Waals surface area contributed by atoms with Gasteiger partial charge in [0.2, 0.25) is 5.16 Å². The SMILES string of the molecule is CN1CCC(n2nnnc2Sc2nc3cc(Cl)c(Cl)cc3nc2-n2cc(C=O)c3ccc(Br)cc32)CC1. The molecule has 0 spiro atoms. The highest BCUT2D eigenvalue weighted by Gasteiger charge is 2.25. The Labute approximate surface area is 234 Å². The predicted octanol–water partition coefficient (Wildman–Crippen LogP) is 5.86. The minimum atomic E-state index is 0.198. The number of rotatable bonds is 5. The molecule has 0 saturated carbocycles. The fourth-order valence-corrected chi connectivity index (χ4v) is 6.13. The van der Waals surface area contributed by atoms with E-state index in [1.54, 1.807) is 18.3 Å². The molecular formula is C24H19BrCl2N8OS. The van der Waals surface area contributed by atoms with E-state index in [-0.39, 0.29) is 6.04 Å². The number of benzene rings is 2. The lowest BCUT2D eigenvalue weighted by atomic mass is 10.1. The topological polar surface area (TPSA) is 94.6 Å². The predicted molar refractivity (Wildman–Crippen MR) is 147 cm³/mol. The van der Waals surface area contributed by atoms with E-state index < -0.39 is 0 Å². The van der Waals surface area contributed by atoms with Crippen molar-refractivity contribution in [2.75, 3.05) is 20.1 Å². The van der Waals surface area contributed by atoms with Crippen LogP contribution in [0.25, 0.3) is 27.8 Å². The zero-order chi connectivity index (χ0) is 25.7. The van der Waals surface area contributed by atoms with Crippen LogP contribution in [0, 0.1) is 0 Å². The molecule has 4 heterocycles. The number of hydrogen-bond donors (Lipinski definition) is 0. The van der Waals surface area contributed by atoms with Crippen LogP contribution in [0.1, 0.15) is 29.2 Å². The molecule has 0 bridgehead atoms. The molecule has 1 aliphatic rings. The molecule has 6 rings (SSSR count). The summed E-state index contributed by atoms with van der Waals surface area (Å²) in [6.45, 7) is 1.96. The number of hydrogen-bond acceptors (Lipinski definition) is 8. The molecule has 0 atom stereocenters. The molecular weight excluding hydrogens is 599 g/mol. The monoisotopic (exact) mass is 616 g/mol. The van der Waals surface area contributed by atoms with E-state index >= 15 is 0 Å². The van der Waals surface area contributed by atoms with Crippen LogP contribution in [0.2, 0.25) is 10.0 Å². The third-order valence-corrected chi connectivity index (χ3v) is 8.63. The maximum atomic E-state index is 11.9. The molecule has 0 aliphatic carbocycles. The van der Waals surface area contributed by atoms with Gasteiger partial charge >= 0.3 is 0 Å². The van der Waals surface area contributed by atoms with Gasteiger partial charge < -0.3 is 4.90 Å². The summed E-state index contributed by atoms with van der Waals surface area (Å²) in [6.07, 6.45) is 4.52. The standard InChI is InChI=1S/C24H19BrCl2N8OS/c1-33-6-4-15(5-7-33)35-24(30-31-32-35)37-23-22(28-19-9-17(26)18(27)10-20(19)29-23)34-11-13(12-36)16-3-2-14(25)8-21(16)34/h2-3,8-12,15H,4-7H2,1H3. The van der Waals surface area contributed by atoms with Crippen molar-refractivity contribution in [3.8, 4) is 5.82 Å². The first-order chi connectivity index (χ1) is 17.9. The molecule has 9 nitrogen and oxygen atoms in total. The summed E-state index contributed by atoms with van der Waals surface area (Å²) in [6, 6.07) is 9.33. The molecule has 2 aromatic carbocycles. The van der Waals surface area contributed by atoms with Gasteiger partial charge in [0.15, 0.2) is 12.1 Å². The van der Waals surface area contributed by atoms with Gasteiger partial charge in [0.25, 0.3) is 0 Å². The Morgan fingerprint density at radius 1 is 1.08 bits per heavy atom. The summed E-state index contributed by atoms with van der Waals surface area (Å²) in [4.78, 5) is 24.0. The van der Waals surface area contributed by atoms with Crippen LogP contribution in [-0.4, -0.2) is 66.1 Å². The molecule has 37 heavy (non-hydrogen) atoms. The number of carbonyl (C=O) groups is 1. The molecule has 188 valence electrons. The van der Waals surface area contributed by atoms with Crippen molar-refractivity contribution in [1.29, 1.82) is 0 Å². The molecule has 0 N–H and O–H groups in total. The lowest BCUT2D eigenvalue weighted by molar-refractivity contribution is 0.112. The third-order valence-electron chi connectivity index (χ3n) is 6.50. The lowest BCUT2D eigenvalue weighted by Gasteiger charge is -2.28. The Hall–Kier alpha value is -2.57. The second-order valence-corrected chi connectivity index (χ2v) is 11.6. The summed E-state index contributed by atoms with van der Waals surface area (Å²) in [5.74, 6) is 0.532. The van der Waals surface area contributed by atoms with E-state index in [0.717, 1.165) is 47.6 Å². The number of aromatic nitrogens is 7. The Morgan fingerprint density at radius 3 is 2.54 bits per heavy atom. The van der Waals surface area contributed by atoms with Crippen molar-refractivity contribution in [2.45, 2.75) is 29.1 Å². The minimum Gasteiger partial charge on any atom is -0.306 e. The second kappa shape index (κ2) is 9.95. The average molecular weight is 618 g/mol. The highest BCUT2D eigenvalue weighted by molar-refractivity contribution is 9.10. The number of fused-ring (bicyclic) bond motifs is 2. The number of halogens is 3. The van der Waals surface area contributed by atoms with Crippen molar-refractivity contribution >= 4 is 79.1 Å². The fraction of sp³-hybridized carbons (Fsp3) is 0.250. The van der Waals surface area contributed by atoms with Crippen LogP contribution >= 0.6 is 50.9 Å². The highest BCUT2D eigenvalue weighted by Crippen LogP contribution is 2.37. The van der Waals surface area contributed by atoms with E-state index in [9.17, 15) is 4.79 Å². The zero-order valence-electron chi connectivity index (χ0n) is 19.5. The first kappa shape index (κ1) is 24.7. The average Bonchev–Trinajstić information content (AvgIpc) is 3.49. The smallest absolute Gasteiger partial charge is 0.216 e. The van der Waals surface area contributed by atoms with Crippen LogP contribution in [0.15, 0.2) is 51.2 Å². The second-order valence-electron chi connectivity index (χ2n) is 8.88. The fourth-order valence-electron chi connectivity index (χ4n) is 4.55. The van der Waals surface area contributed by atoms with Crippen molar-refractivity contribution in [1.82, 2.24) is 39.6 Å². The largest absolute Gasteiger partial charge is 0.306 e. The highest BCUT2D eigenvalue weighted by atomic mass is 79.9. The van der Waals surface area contributed by atoms with Crippen molar-refractivity contribution < 1.29 is 4.79 Å². The Morgan fingerprint density at radius 2 is 1.81 bits per heavy atom. The van der Waals surface area contributed by atoms with Gasteiger partial charge in [0.1, 0.15) is 5.03 Å². The molecule has 0 amide bonds. The molecule has 0 unspecified atom stereocenters. The van der Waals surface area contributed by atoms with E-state index in [4.69, 9.17) is 33.2 Å². The van der Waals surface area contributed by atoms with Crippen molar-refractivity contribution in [3.63, 3.8) is 0 Å². The number of tetrazole rings is 1. The van der Waals surface area contributed by atoms with Crippen LogP contribution in [0.3, 0.4) is 0 Å². The molecule has 1 saturated heterocycles. The lowest BCUT2D eigenvalue weighted by Crippen LogP contribution is -2.32. The van der Waals surface area contributed by atoms with Crippen molar-refractivity contribution in [3.05, 3.63) is 56.6 Å². The molecule has 1 aliphatic heterocycles. The molecule has 13 heteroatoms. The summed E-state index contributed by atoms with van der Waals surface area (Å²) >= 11 is 17.5. The normalized spacial score (nSPS) is 15.1. The van der Waals surface area contributed by atoms with E-state index in [1.807, 2.05) is 27.4 Å². The molecule has 0 radical (unpaired) electrons. The summed E-state index contributed by atoms with van der Waals surface area (Å²) in [5, 5.41) is 15.4. The van der Waals surface area contributed by atoms with Crippen molar-refractivity contribution in [2.24, 2.45) is 0 Å². The van der Waals surface area contributed by atoms with Gasteiger partial charge in [-0.2, -0.15) is 0 Å². The van der Waals surface area contributed by atoms with Crippen LogP contribution < -0.4 is 0 Å². The van der Waals surface area contributed by atoms with Gasteiger partial charge in [-0.1, -0.05) is 45.2 Å². The maximum absolute atomic E-state index is 11.9. The molecule has 1 fully saturated rings. The summed E-state index contributed by atoms with van der Waals surface area (Å²) in [5.41, 5.74) is 2.52. The van der Waals surface area contributed by atoms with E-state index in [2.05, 4.69) is 43.4 Å². The summed E-state index contributed by atoms with van der Waals surface area (Å²) in [7, 11) is 2.12. The van der Waals surface area contributed by atoms with Gasteiger partial charge in [-0.05, 0) is 79.4 Å². The number of likely N-dealkylation sites (tertiary alicyclic amines) is 1. The summed E-state index contributed by atoms with van der Waals surface area (Å²) < 4.78 is 4.62. The molecule has 5 aromatic rings. The van der Waals surface area contributed by atoms with Gasteiger partial charge in [0, 0.05) is 21.6 Å². The van der Waals surface area contributed by atoms with Crippen LogP contribution in [0.4, 0.5) is 0 Å². The minimum absolute atomic E-state index is 0.198. The number of piperidine rings is 1. The number of carbonyl (C=O) groups excluding carboxylic acids is 1. The van der Waals surface area contributed by atoms with E-state index in [1.165, 1.54) is 11.8 Å². The molecule has 3 aromatic heterocycles. The Balaban J connectivity index is 1.53. The third kappa shape index (κ3) is 4.63. The quantitative estimate of drug-likeness (QED) is 0.226. The first-order valence-electron chi connectivity index (χ1n) is 11.5. The van der Waals surface area contributed by atoms with Crippen LogP contribution in [-0.2, 0) is 0 Å².